The number of benzene rings is 2. The molecule has 5 nitrogen and oxygen atoms in total. The number of methoxy groups -OCH3 is 2. The number of hydrogen-bond donors (Lipinski definition) is 1. The van der Waals surface area contributed by atoms with Gasteiger partial charge in [0, 0.05) is 18.1 Å². The molecule has 2 aromatic carbocycles. The van der Waals surface area contributed by atoms with E-state index in [0.717, 1.165) is 36.1 Å². The molecular formula is C26H31NO4. The van der Waals surface area contributed by atoms with Gasteiger partial charge in [0.25, 0.3) is 0 Å². The van der Waals surface area contributed by atoms with Crippen LogP contribution >= 0.6 is 0 Å². The van der Waals surface area contributed by atoms with Crippen molar-refractivity contribution in [2.75, 3.05) is 14.2 Å². The largest absolute Gasteiger partial charge is 0.493 e. The van der Waals surface area contributed by atoms with Crippen LogP contribution in [0.2, 0.25) is 0 Å². The Balaban J connectivity index is 1.52. The lowest BCUT2D eigenvalue weighted by molar-refractivity contribution is -0.118. The molecule has 1 heterocycles. The summed E-state index contributed by atoms with van der Waals surface area (Å²) in [4.78, 5) is 12.8. The summed E-state index contributed by atoms with van der Waals surface area (Å²) in [5.74, 6) is 2.10. The van der Waals surface area contributed by atoms with E-state index in [9.17, 15) is 4.79 Å². The Kier molecular flexibility index (Phi) is 6.21. The van der Waals surface area contributed by atoms with E-state index in [-0.39, 0.29) is 17.6 Å². The zero-order chi connectivity index (χ0) is 21.8. The Morgan fingerprint density at radius 3 is 2.58 bits per heavy atom. The number of rotatable bonds is 5. The summed E-state index contributed by atoms with van der Waals surface area (Å²) in [6.07, 6.45) is 9.92. The minimum Gasteiger partial charge on any atom is -0.493 e. The monoisotopic (exact) mass is 421 g/mol. The van der Waals surface area contributed by atoms with E-state index in [0.29, 0.717) is 11.5 Å². The van der Waals surface area contributed by atoms with Gasteiger partial charge in [-0.25, -0.2) is 0 Å². The fourth-order valence-electron chi connectivity index (χ4n) is 4.77. The summed E-state index contributed by atoms with van der Waals surface area (Å²) in [6, 6.07) is 11.8. The maximum atomic E-state index is 12.8. The first-order valence-electron chi connectivity index (χ1n) is 11.0. The summed E-state index contributed by atoms with van der Waals surface area (Å²) in [5, 5.41) is 3.23. The van der Waals surface area contributed by atoms with Crippen LogP contribution in [0.4, 0.5) is 0 Å². The molecule has 0 radical (unpaired) electrons. The number of ether oxygens (including phenoxy) is 3. The molecule has 1 spiro atoms. The molecule has 0 aromatic heterocycles. The highest BCUT2D eigenvalue weighted by Gasteiger charge is 2.42. The first-order valence-corrected chi connectivity index (χ1v) is 11.0. The summed E-state index contributed by atoms with van der Waals surface area (Å²) >= 11 is 0. The van der Waals surface area contributed by atoms with Crippen LogP contribution in [0.5, 0.6) is 17.2 Å². The molecule has 164 valence electrons. The van der Waals surface area contributed by atoms with Crippen LogP contribution < -0.4 is 19.5 Å². The van der Waals surface area contributed by atoms with Crippen molar-refractivity contribution in [2.24, 2.45) is 0 Å². The molecule has 1 aliphatic heterocycles. The maximum absolute atomic E-state index is 12.8. The van der Waals surface area contributed by atoms with Gasteiger partial charge in [-0.2, -0.15) is 0 Å². The number of aryl methyl sites for hydroxylation is 1. The van der Waals surface area contributed by atoms with Crippen LogP contribution in [0.25, 0.3) is 6.08 Å². The second-order valence-electron chi connectivity index (χ2n) is 8.60. The van der Waals surface area contributed by atoms with Crippen molar-refractivity contribution in [3.05, 3.63) is 59.2 Å². The lowest BCUT2D eigenvalue weighted by Crippen LogP contribution is -2.46. The quantitative estimate of drug-likeness (QED) is 0.660. The summed E-state index contributed by atoms with van der Waals surface area (Å²) < 4.78 is 17.1. The second kappa shape index (κ2) is 9.04. The van der Waals surface area contributed by atoms with Gasteiger partial charge in [-0.15, -0.1) is 0 Å². The van der Waals surface area contributed by atoms with Gasteiger partial charge < -0.3 is 19.5 Å². The minimum absolute atomic E-state index is 0.0516. The van der Waals surface area contributed by atoms with Crippen LogP contribution in [-0.2, 0) is 4.79 Å². The van der Waals surface area contributed by atoms with Crippen molar-refractivity contribution in [2.45, 2.75) is 57.1 Å². The standard InChI is InChI=1S/C26H31NO4/c1-18-7-10-22-20(15-18)21(17-26(31-22)13-5-4-6-14-26)27-25(28)12-9-19-8-11-23(29-2)24(16-19)30-3/h7-12,15-16,21H,4-6,13-14,17H2,1-3H3,(H,27,28)/b12-9+/t21-/m0/s1. The Morgan fingerprint density at radius 2 is 1.84 bits per heavy atom. The molecule has 5 heteroatoms. The Hall–Kier alpha value is -2.95. The number of carbonyl (C=O) groups excluding carboxylic acids is 1. The molecule has 0 unspecified atom stereocenters. The lowest BCUT2D eigenvalue weighted by Gasteiger charge is -2.44. The molecule has 1 fully saturated rings. The van der Waals surface area contributed by atoms with Crippen LogP contribution in [0, 0.1) is 6.92 Å². The third kappa shape index (κ3) is 4.71. The van der Waals surface area contributed by atoms with E-state index in [1.807, 2.05) is 18.2 Å². The number of carbonyl (C=O) groups is 1. The molecule has 31 heavy (non-hydrogen) atoms. The molecule has 1 saturated carbocycles. The van der Waals surface area contributed by atoms with Crippen LogP contribution in [0.3, 0.4) is 0 Å². The summed E-state index contributed by atoms with van der Waals surface area (Å²) in [5.41, 5.74) is 2.96. The van der Waals surface area contributed by atoms with Crippen LogP contribution in [0.1, 0.15) is 61.3 Å². The number of hydrogen-bond acceptors (Lipinski definition) is 4. The normalized spacial score (nSPS) is 19.5. The maximum Gasteiger partial charge on any atom is 0.244 e. The number of fused-ring (bicyclic) bond motifs is 1. The highest BCUT2D eigenvalue weighted by atomic mass is 16.5. The van der Waals surface area contributed by atoms with Gasteiger partial charge in [-0.3, -0.25) is 4.79 Å². The van der Waals surface area contributed by atoms with Crippen molar-refractivity contribution in [1.29, 1.82) is 0 Å². The van der Waals surface area contributed by atoms with Gasteiger partial charge in [0.15, 0.2) is 11.5 Å². The second-order valence-corrected chi connectivity index (χ2v) is 8.60. The SMILES string of the molecule is COc1ccc(/C=C/C(=O)N[C@H]2CC3(CCCCC3)Oc3ccc(C)cc32)cc1OC. The van der Waals surface area contributed by atoms with Gasteiger partial charge in [0.1, 0.15) is 11.4 Å². The third-order valence-corrected chi connectivity index (χ3v) is 6.36. The fraction of sp³-hybridized carbons (Fsp3) is 0.423. The van der Waals surface area contributed by atoms with E-state index < -0.39 is 0 Å². The predicted molar refractivity (Wildman–Crippen MR) is 122 cm³/mol. The Labute approximate surface area is 184 Å². The van der Waals surface area contributed by atoms with Gasteiger partial charge in [-0.05, 0) is 62.4 Å². The van der Waals surface area contributed by atoms with E-state index in [1.54, 1.807) is 26.4 Å². The molecule has 4 rings (SSSR count). The van der Waals surface area contributed by atoms with Crippen molar-refractivity contribution >= 4 is 12.0 Å². The zero-order valence-electron chi connectivity index (χ0n) is 18.6. The molecule has 1 amide bonds. The van der Waals surface area contributed by atoms with Crippen molar-refractivity contribution in [3.8, 4) is 17.2 Å². The van der Waals surface area contributed by atoms with Crippen LogP contribution in [-0.4, -0.2) is 25.7 Å². The average Bonchev–Trinajstić information content (AvgIpc) is 2.78. The highest BCUT2D eigenvalue weighted by molar-refractivity contribution is 5.92. The predicted octanol–water partition coefficient (Wildman–Crippen LogP) is 5.37. The summed E-state index contributed by atoms with van der Waals surface area (Å²) in [7, 11) is 3.21. The van der Waals surface area contributed by atoms with E-state index in [1.165, 1.54) is 24.8 Å². The van der Waals surface area contributed by atoms with Gasteiger partial charge in [0.2, 0.25) is 5.91 Å². The fourth-order valence-corrected chi connectivity index (χ4v) is 4.77. The minimum atomic E-state index is -0.161. The Bertz CT molecular complexity index is 975. The lowest BCUT2D eigenvalue weighted by atomic mass is 9.77. The zero-order valence-corrected chi connectivity index (χ0v) is 18.6. The van der Waals surface area contributed by atoms with Gasteiger partial charge in [0.05, 0.1) is 20.3 Å². The molecule has 1 N–H and O–H groups in total. The van der Waals surface area contributed by atoms with Crippen LogP contribution in [0.15, 0.2) is 42.5 Å². The highest BCUT2D eigenvalue weighted by Crippen LogP contribution is 2.46. The molecule has 0 saturated heterocycles. The van der Waals surface area contributed by atoms with Crippen molar-refractivity contribution in [3.63, 3.8) is 0 Å². The molecule has 1 atom stereocenters. The molecular weight excluding hydrogens is 390 g/mol. The first-order chi connectivity index (χ1) is 15.0. The number of amides is 1. The van der Waals surface area contributed by atoms with Crippen molar-refractivity contribution in [1.82, 2.24) is 5.32 Å². The van der Waals surface area contributed by atoms with E-state index in [4.69, 9.17) is 14.2 Å². The van der Waals surface area contributed by atoms with Gasteiger partial charge in [-0.1, -0.05) is 30.2 Å². The van der Waals surface area contributed by atoms with E-state index >= 15 is 0 Å². The first kappa shape index (κ1) is 21.3. The molecule has 0 bridgehead atoms. The van der Waals surface area contributed by atoms with E-state index in [2.05, 4.69) is 30.4 Å². The molecule has 2 aromatic rings. The Morgan fingerprint density at radius 1 is 1.06 bits per heavy atom. The third-order valence-electron chi connectivity index (χ3n) is 6.36. The van der Waals surface area contributed by atoms with Gasteiger partial charge >= 0.3 is 0 Å². The molecule has 2 aliphatic rings. The smallest absolute Gasteiger partial charge is 0.244 e. The summed E-state index contributed by atoms with van der Waals surface area (Å²) in [6.45, 7) is 2.07. The number of nitrogens with one attached hydrogen (secondary N) is 1. The van der Waals surface area contributed by atoms with Crippen molar-refractivity contribution < 1.29 is 19.0 Å². The topological polar surface area (TPSA) is 56.8 Å². The molecule has 1 aliphatic carbocycles. The average molecular weight is 422 g/mol.